The Hall–Kier alpha value is 0.415. The fourth-order valence-corrected chi connectivity index (χ4v) is 2.23. The Kier molecular flexibility index (Phi) is 20.0. The fraction of sp³-hybridized carbons (Fsp3) is 1.00. The first-order chi connectivity index (χ1) is 6.91. The minimum Gasteiger partial charge on any atom is -0.165 e. The summed E-state index contributed by atoms with van der Waals surface area (Å²) in [6, 6.07) is 0. The third kappa shape index (κ3) is 17.1. The van der Waals surface area contributed by atoms with Crippen LogP contribution >= 0.6 is 11.8 Å². The summed E-state index contributed by atoms with van der Waals surface area (Å²) in [5, 5.41) is 0. The molecule has 0 rings (SSSR count). The van der Waals surface area contributed by atoms with Gasteiger partial charge in [0.05, 0.1) is 0 Å². The highest BCUT2D eigenvalue weighted by Gasteiger charge is 1.91. The average Bonchev–Trinajstić information content (AvgIpc) is 2.21. The van der Waals surface area contributed by atoms with Gasteiger partial charge in [-0.25, -0.2) is 0 Å². The highest BCUT2D eigenvalue weighted by atomic mass is 32.2. The van der Waals surface area contributed by atoms with Crippen LogP contribution in [0.1, 0.15) is 71.1 Å². The van der Waals surface area contributed by atoms with E-state index in [4.69, 9.17) is 0 Å². The van der Waals surface area contributed by atoms with Gasteiger partial charge in [0.25, 0.3) is 0 Å². The predicted molar refractivity (Wildman–Crippen MR) is 76.0 cm³/mol. The Balaban J connectivity index is 0. The Bertz CT molecular complexity index is 84.5. The van der Waals surface area contributed by atoms with E-state index >= 15 is 0 Å². The molecule has 0 aliphatic carbocycles. The third-order valence-corrected chi connectivity index (χ3v) is 3.40. The van der Waals surface area contributed by atoms with Crippen LogP contribution in [-0.2, 0) is 0 Å². The van der Waals surface area contributed by atoms with Crippen molar-refractivity contribution in [2.45, 2.75) is 71.1 Å². The largest absolute Gasteiger partial charge is 0.165 e. The van der Waals surface area contributed by atoms with Crippen LogP contribution in [0.5, 0.6) is 0 Å². The number of hydrogen-bond acceptors (Lipinski definition) is 1. The van der Waals surface area contributed by atoms with Gasteiger partial charge in [-0.15, -0.1) is 0 Å². The van der Waals surface area contributed by atoms with E-state index in [9.17, 15) is 0 Å². The number of unbranched alkanes of at least 4 members (excludes halogenated alkanes) is 9. The molecule has 0 nitrogen and oxygen atoms in total. The van der Waals surface area contributed by atoms with Crippen LogP contribution in [0.2, 0.25) is 0 Å². The zero-order valence-corrected chi connectivity index (χ0v) is 11.6. The second-order valence-corrected chi connectivity index (χ2v) is 5.16. The molecule has 0 aliphatic rings. The Morgan fingerprint density at radius 2 is 1.07 bits per heavy atom. The van der Waals surface area contributed by atoms with Gasteiger partial charge in [0, 0.05) is 8.41 Å². The minimum absolute atomic E-state index is 0. The SMILES string of the molecule is CCCCCCCCCCCCSC.[B]. The molecule has 0 aliphatic heterocycles. The molecule has 0 saturated heterocycles. The van der Waals surface area contributed by atoms with Gasteiger partial charge >= 0.3 is 0 Å². The van der Waals surface area contributed by atoms with Gasteiger partial charge in [0.15, 0.2) is 0 Å². The first kappa shape index (κ1) is 17.8. The number of thioether (sulfide) groups is 1. The minimum atomic E-state index is 0. The van der Waals surface area contributed by atoms with Crippen LogP contribution < -0.4 is 0 Å². The van der Waals surface area contributed by atoms with E-state index in [1.165, 1.54) is 70.0 Å². The Labute approximate surface area is 104 Å². The Morgan fingerprint density at radius 3 is 1.47 bits per heavy atom. The zero-order valence-electron chi connectivity index (χ0n) is 10.8. The van der Waals surface area contributed by atoms with Crippen LogP contribution in [0.3, 0.4) is 0 Å². The van der Waals surface area contributed by atoms with Crippen LogP contribution in [0.15, 0.2) is 0 Å². The molecule has 0 atom stereocenters. The molecule has 0 aromatic carbocycles. The van der Waals surface area contributed by atoms with Gasteiger partial charge in [-0.05, 0) is 18.4 Å². The fourth-order valence-electron chi connectivity index (χ4n) is 1.73. The van der Waals surface area contributed by atoms with E-state index in [-0.39, 0.29) is 8.41 Å². The highest BCUT2D eigenvalue weighted by molar-refractivity contribution is 7.98. The van der Waals surface area contributed by atoms with E-state index in [1.807, 2.05) is 11.8 Å². The summed E-state index contributed by atoms with van der Waals surface area (Å²) in [4.78, 5) is 0. The molecular formula is C13H28BS. The topological polar surface area (TPSA) is 0 Å². The molecular weight excluding hydrogens is 199 g/mol. The molecule has 0 heterocycles. The maximum Gasteiger partial charge on any atom is 0 e. The number of rotatable bonds is 11. The summed E-state index contributed by atoms with van der Waals surface area (Å²) in [6.07, 6.45) is 16.7. The second-order valence-electron chi connectivity index (χ2n) is 4.17. The van der Waals surface area contributed by atoms with Crippen molar-refractivity contribution in [3.8, 4) is 0 Å². The quantitative estimate of drug-likeness (QED) is 0.357. The average molecular weight is 227 g/mol. The molecule has 15 heavy (non-hydrogen) atoms. The smallest absolute Gasteiger partial charge is 0 e. The van der Waals surface area contributed by atoms with E-state index < -0.39 is 0 Å². The third-order valence-electron chi connectivity index (χ3n) is 2.70. The summed E-state index contributed by atoms with van der Waals surface area (Å²) in [7, 11) is 0. The summed E-state index contributed by atoms with van der Waals surface area (Å²) in [6.45, 7) is 2.28. The molecule has 89 valence electrons. The summed E-state index contributed by atoms with van der Waals surface area (Å²) < 4.78 is 0. The van der Waals surface area contributed by atoms with E-state index in [0.29, 0.717) is 0 Å². The van der Waals surface area contributed by atoms with Gasteiger partial charge in [-0.3, -0.25) is 0 Å². The predicted octanol–water partition coefficient (Wildman–Crippen LogP) is 4.89. The van der Waals surface area contributed by atoms with Gasteiger partial charge in [-0.2, -0.15) is 11.8 Å². The van der Waals surface area contributed by atoms with Crippen molar-refractivity contribution >= 4 is 20.2 Å². The zero-order chi connectivity index (χ0) is 10.5. The molecule has 0 aromatic heterocycles. The van der Waals surface area contributed by atoms with Crippen LogP contribution in [0.4, 0.5) is 0 Å². The first-order valence-corrected chi connectivity index (χ1v) is 7.80. The highest BCUT2D eigenvalue weighted by Crippen LogP contribution is 2.11. The van der Waals surface area contributed by atoms with Crippen molar-refractivity contribution in [3.05, 3.63) is 0 Å². The molecule has 0 unspecified atom stereocenters. The lowest BCUT2D eigenvalue weighted by Gasteiger charge is -2.01. The summed E-state index contributed by atoms with van der Waals surface area (Å²) in [5.74, 6) is 1.36. The monoisotopic (exact) mass is 227 g/mol. The molecule has 0 fully saturated rings. The van der Waals surface area contributed by atoms with Crippen molar-refractivity contribution in [1.82, 2.24) is 0 Å². The molecule has 3 radical (unpaired) electrons. The Morgan fingerprint density at radius 1 is 0.667 bits per heavy atom. The van der Waals surface area contributed by atoms with Gasteiger partial charge in [0.1, 0.15) is 0 Å². The van der Waals surface area contributed by atoms with Crippen molar-refractivity contribution in [2.24, 2.45) is 0 Å². The summed E-state index contributed by atoms with van der Waals surface area (Å²) >= 11 is 1.98. The molecule has 0 aromatic rings. The van der Waals surface area contributed by atoms with E-state index in [1.54, 1.807) is 0 Å². The molecule has 0 N–H and O–H groups in total. The first-order valence-electron chi connectivity index (χ1n) is 6.40. The molecule has 2 heteroatoms. The number of hydrogen-bond donors (Lipinski definition) is 0. The van der Waals surface area contributed by atoms with Crippen LogP contribution in [0, 0.1) is 0 Å². The van der Waals surface area contributed by atoms with Crippen molar-refractivity contribution in [1.29, 1.82) is 0 Å². The van der Waals surface area contributed by atoms with Crippen LogP contribution in [0.25, 0.3) is 0 Å². The maximum absolute atomic E-state index is 2.28. The van der Waals surface area contributed by atoms with Gasteiger partial charge < -0.3 is 0 Å². The standard InChI is InChI=1S/C13H28S.B/c1-3-4-5-6-7-8-9-10-11-12-13-14-2;/h3-13H2,1-2H3;. The lowest BCUT2D eigenvalue weighted by atomic mass is 10.1. The van der Waals surface area contributed by atoms with E-state index in [2.05, 4.69) is 13.2 Å². The second kappa shape index (κ2) is 16.8. The maximum atomic E-state index is 2.28. The molecule has 0 spiro atoms. The molecule has 0 bridgehead atoms. The lowest BCUT2D eigenvalue weighted by molar-refractivity contribution is 0.563. The van der Waals surface area contributed by atoms with Crippen LogP contribution in [-0.4, -0.2) is 20.4 Å². The van der Waals surface area contributed by atoms with Gasteiger partial charge in [-0.1, -0.05) is 64.7 Å². The van der Waals surface area contributed by atoms with Crippen molar-refractivity contribution in [2.75, 3.05) is 12.0 Å². The summed E-state index contributed by atoms with van der Waals surface area (Å²) in [5.41, 5.74) is 0. The molecule has 0 saturated carbocycles. The van der Waals surface area contributed by atoms with Crippen molar-refractivity contribution < 1.29 is 0 Å². The lowest BCUT2D eigenvalue weighted by Crippen LogP contribution is -1.82. The normalized spacial score (nSPS) is 10.0. The van der Waals surface area contributed by atoms with E-state index in [0.717, 1.165) is 0 Å². The van der Waals surface area contributed by atoms with Crippen molar-refractivity contribution in [3.63, 3.8) is 0 Å². The van der Waals surface area contributed by atoms with Gasteiger partial charge in [0.2, 0.25) is 0 Å². The molecule has 0 amide bonds.